The molecule has 5 nitrogen and oxygen atoms in total. The number of aromatic nitrogens is 3. The van der Waals surface area contributed by atoms with E-state index in [1.54, 1.807) is 0 Å². The monoisotopic (exact) mass is 318 g/mol. The lowest BCUT2D eigenvalue weighted by Crippen LogP contribution is -2.31. The minimum absolute atomic E-state index is 0.125. The molecule has 6 heteroatoms. The summed E-state index contributed by atoms with van der Waals surface area (Å²) in [6, 6.07) is 10.1. The van der Waals surface area contributed by atoms with Crippen LogP contribution in [0.15, 0.2) is 35.5 Å². The smallest absolute Gasteiger partial charge is 0.233 e. The molecule has 0 spiro atoms. The highest BCUT2D eigenvalue weighted by atomic mass is 32.2. The average molecular weight is 318 g/mol. The largest absolute Gasteiger partial charge is 0.338 e. The lowest BCUT2D eigenvalue weighted by atomic mass is 10.2. The molecule has 0 saturated heterocycles. The van der Waals surface area contributed by atoms with E-state index in [2.05, 4.69) is 17.1 Å². The summed E-state index contributed by atoms with van der Waals surface area (Å²) in [5.74, 6) is 1.40. The van der Waals surface area contributed by atoms with E-state index >= 15 is 0 Å². The molecular formula is C16H22N4OS. The quantitative estimate of drug-likeness (QED) is 0.737. The van der Waals surface area contributed by atoms with Crippen LogP contribution in [-0.4, -0.2) is 37.9 Å². The fraction of sp³-hybridized carbons (Fsp3) is 0.438. The Morgan fingerprint density at radius 1 is 1.23 bits per heavy atom. The lowest BCUT2D eigenvalue weighted by molar-refractivity contribution is -0.128. The van der Waals surface area contributed by atoms with Gasteiger partial charge >= 0.3 is 0 Å². The summed E-state index contributed by atoms with van der Waals surface area (Å²) < 4.78 is 2.02. The van der Waals surface area contributed by atoms with Gasteiger partial charge in [-0.25, -0.2) is 0 Å². The molecule has 0 aliphatic rings. The minimum Gasteiger partial charge on any atom is -0.338 e. The molecule has 1 amide bonds. The van der Waals surface area contributed by atoms with Crippen LogP contribution >= 0.6 is 11.8 Å². The van der Waals surface area contributed by atoms with Gasteiger partial charge in [-0.15, -0.1) is 10.2 Å². The maximum Gasteiger partial charge on any atom is 0.233 e. The molecule has 0 bridgehead atoms. The van der Waals surface area contributed by atoms with Crippen molar-refractivity contribution in [3.63, 3.8) is 0 Å². The van der Waals surface area contributed by atoms with Crippen LogP contribution in [0.25, 0.3) is 0 Å². The first-order valence-electron chi connectivity index (χ1n) is 7.50. The molecule has 0 fully saturated rings. The maximum absolute atomic E-state index is 12.4. The second kappa shape index (κ2) is 7.98. The molecular weight excluding hydrogens is 296 g/mol. The Hall–Kier alpha value is -1.82. The van der Waals surface area contributed by atoms with Crippen molar-refractivity contribution in [2.75, 3.05) is 12.3 Å². The second-order valence-corrected chi connectivity index (χ2v) is 5.90. The van der Waals surface area contributed by atoms with Crippen LogP contribution in [0.1, 0.15) is 25.2 Å². The Kier molecular flexibility index (Phi) is 6.00. The van der Waals surface area contributed by atoms with Gasteiger partial charge in [-0.05, 0) is 26.3 Å². The van der Waals surface area contributed by atoms with E-state index < -0.39 is 0 Å². The Morgan fingerprint density at radius 2 is 1.95 bits per heavy atom. The van der Waals surface area contributed by atoms with Crippen molar-refractivity contribution in [1.82, 2.24) is 19.7 Å². The van der Waals surface area contributed by atoms with E-state index in [9.17, 15) is 4.79 Å². The van der Waals surface area contributed by atoms with Crippen molar-refractivity contribution in [1.29, 1.82) is 0 Å². The van der Waals surface area contributed by atoms with Crippen molar-refractivity contribution in [2.45, 2.75) is 39.0 Å². The Morgan fingerprint density at radius 3 is 2.59 bits per heavy atom. The summed E-state index contributed by atoms with van der Waals surface area (Å²) in [5.41, 5.74) is 1.15. The summed E-state index contributed by atoms with van der Waals surface area (Å²) >= 11 is 1.45. The number of hydrogen-bond donors (Lipinski definition) is 0. The highest BCUT2D eigenvalue weighted by Crippen LogP contribution is 2.17. The number of rotatable bonds is 7. The fourth-order valence-electron chi connectivity index (χ4n) is 2.23. The van der Waals surface area contributed by atoms with Gasteiger partial charge in [-0.3, -0.25) is 4.79 Å². The van der Waals surface area contributed by atoms with Crippen LogP contribution in [0.3, 0.4) is 0 Å². The highest BCUT2D eigenvalue weighted by molar-refractivity contribution is 7.99. The lowest BCUT2D eigenvalue weighted by Gasteiger charge is -2.20. The molecule has 0 atom stereocenters. The zero-order valence-corrected chi connectivity index (χ0v) is 14.1. The zero-order chi connectivity index (χ0) is 15.9. The van der Waals surface area contributed by atoms with E-state index in [0.29, 0.717) is 18.8 Å². The number of amides is 1. The third-order valence-corrected chi connectivity index (χ3v) is 4.44. The van der Waals surface area contributed by atoms with E-state index in [-0.39, 0.29) is 5.91 Å². The molecule has 2 aromatic rings. The first-order chi connectivity index (χ1) is 10.7. The molecule has 1 aromatic carbocycles. The SMILES string of the molecule is CCN(Cc1ccccc1)C(=O)CSc1nnc(C)n1CC. The zero-order valence-electron chi connectivity index (χ0n) is 13.3. The molecule has 0 unspecified atom stereocenters. The van der Waals surface area contributed by atoms with Crippen molar-refractivity contribution in [3.05, 3.63) is 41.7 Å². The maximum atomic E-state index is 12.4. The second-order valence-electron chi connectivity index (χ2n) is 4.96. The number of nitrogens with zero attached hydrogens (tertiary/aromatic N) is 4. The first kappa shape index (κ1) is 16.5. The average Bonchev–Trinajstić information content (AvgIpc) is 2.91. The predicted octanol–water partition coefficient (Wildman–Crippen LogP) is 2.75. The summed E-state index contributed by atoms with van der Waals surface area (Å²) in [5, 5.41) is 9.01. The first-order valence-corrected chi connectivity index (χ1v) is 8.48. The van der Waals surface area contributed by atoms with Crippen LogP contribution in [0.5, 0.6) is 0 Å². The molecule has 0 saturated carbocycles. The van der Waals surface area contributed by atoms with Crippen LogP contribution in [0.2, 0.25) is 0 Å². The van der Waals surface area contributed by atoms with Gasteiger partial charge in [0, 0.05) is 19.6 Å². The number of aryl methyl sites for hydroxylation is 1. The van der Waals surface area contributed by atoms with Gasteiger partial charge in [0.1, 0.15) is 5.82 Å². The Bertz CT molecular complexity index is 612. The Balaban J connectivity index is 1.95. The van der Waals surface area contributed by atoms with Crippen molar-refractivity contribution in [2.24, 2.45) is 0 Å². The molecule has 2 rings (SSSR count). The van der Waals surface area contributed by atoms with Gasteiger partial charge in [-0.1, -0.05) is 42.1 Å². The van der Waals surface area contributed by atoms with E-state index in [0.717, 1.165) is 23.1 Å². The van der Waals surface area contributed by atoms with Crippen molar-refractivity contribution in [3.8, 4) is 0 Å². The summed E-state index contributed by atoms with van der Waals surface area (Å²) in [6.07, 6.45) is 0. The minimum atomic E-state index is 0.125. The van der Waals surface area contributed by atoms with Gasteiger partial charge in [0.2, 0.25) is 5.91 Å². The van der Waals surface area contributed by atoms with Gasteiger partial charge in [0.25, 0.3) is 0 Å². The fourth-order valence-corrected chi connectivity index (χ4v) is 3.18. The molecule has 0 N–H and O–H groups in total. The van der Waals surface area contributed by atoms with Crippen molar-refractivity contribution < 1.29 is 4.79 Å². The molecule has 0 radical (unpaired) electrons. The molecule has 118 valence electrons. The summed E-state index contributed by atoms with van der Waals surface area (Å²) in [7, 11) is 0. The van der Waals surface area contributed by atoms with Gasteiger partial charge < -0.3 is 9.47 Å². The van der Waals surface area contributed by atoms with Crippen LogP contribution in [0, 0.1) is 6.92 Å². The van der Waals surface area contributed by atoms with E-state index in [1.807, 2.05) is 53.6 Å². The molecule has 0 aliphatic carbocycles. The number of hydrogen-bond acceptors (Lipinski definition) is 4. The number of benzene rings is 1. The van der Waals surface area contributed by atoms with Gasteiger partial charge in [-0.2, -0.15) is 0 Å². The molecule has 1 aromatic heterocycles. The molecule has 22 heavy (non-hydrogen) atoms. The third kappa shape index (κ3) is 4.10. The van der Waals surface area contributed by atoms with Crippen LogP contribution < -0.4 is 0 Å². The number of carbonyl (C=O) groups is 1. The van der Waals surface area contributed by atoms with Gasteiger partial charge in [0.15, 0.2) is 5.16 Å². The van der Waals surface area contributed by atoms with E-state index in [1.165, 1.54) is 11.8 Å². The standard InChI is InChI=1S/C16H22N4OS/c1-4-19(11-14-9-7-6-8-10-14)15(21)12-22-16-18-17-13(3)20(16)5-2/h6-10H,4-5,11-12H2,1-3H3. The summed E-state index contributed by atoms with van der Waals surface area (Å²) in [6.45, 7) is 8.15. The highest BCUT2D eigenvalue weighted by Gasteiger charge is 2.15. The molecule has 1 heterocycles. The number of carbonyl (C=O) groups excluding carboxylic acids is 1. The van der Waals surface area contributed by atoms with Crippen LogP contribution in [0.4, 0.5) is 0 Å². The predicted molar refractivity (Wildman–Crippen MR) is 88.7 cm³/mol. The number of thioether (sulfide) groups is 1. The Labute approximate surface area is 135 Å². The normalized spacial score (nSPS) is 10.7. The van der Waals surface area contributed by atoms with E-state index in [4.69, 9.17) is 0 Å². The van der Waals surface area contributed by atoms with Gasteiger partial charge in [0.05, 0.1) is 5.75 Å². The topological polar surface area (TPSA) is 51.0 Å². The third-order valence-electron chi connectivity index (χ3n) is 3.49. The van der Waals surface area contributed by atoms with Crippen molar-refractivity contribution >= 4 is 17.7 Å². The molecule has 0 aliphatic heterocycles. The van der Waals surface area contributed by atoms with Crippen LogP contribution in [-0.2, 0) is 17.9 Å². The summed E-state index contributed by atoms with van der Waals surface area (Å²) in [4.78, 5) is 14.3.